The van der Waals surface area contributed by atoms with Gasteiger partial charge in [0.1, 0.15) is 0 Å². The first kappa shape index (κ1) is 13.7. The minimum absolute atomic E-state index is 0.0466. The van der Waals surface area contributed by atoms with Crippen LogP contribution in [0, 0.1) is 13.8 Å². The molecule has 0 fully saturated rings. The molecule has 2 N–H and O–H groups in total. The van der Waals surface area contributed by atoms with Crippen molar-refractivity contribution >= 4 is 5.91 Å². The second kappa shape index (κ2) is 6.40. The maximum absolute atomic E-state index is 11.4. The van der Waals surface area contributed by atoms with Gasteiger partial charge in [0.05, 0.1) is 6.54 Å². The molecule has 3 heteroatoms. The van der Waals surface area contributed by atoms with Crippen LogP contribution >= 0.6 is 0 Å². The van der Waals surface area contributed by atoms with Crippen LogP contribution in [-0.4, -0.2) is 18.5 Å². The van der Waals surface area contributed by atoms with Gasteiger partial charge in [0.2, 0.25) is 5.91 Å². The minimum Gasteiger partial charge on any atom is -0.353 e. The van der Waals surface area contributed by atoms with E-state index in [1.807, 2.05) is 13.8 Å². The Morgan fingerprint density at radius 2 is 2.00 bits per heavy atom. The lowest BCUT2D eigenvalue weighted by molar-refractivity contribution is -0.120. The Labute approximate surface area is 104 Å². The zero-order valence-corrected chi connectivity index (χ0v) is 11.1. The van der Waals surface area contributed by atoms with E-state index in [1.165, 1.54) is 16.7 Å². The van der Waals surface area contributed by atoms with Crippen LogP contribution in [0.3, 0.4) is 0 Å². The van der Waals surface area contributed by atoms with Crippen LogP contribution in [0.1, 0.15) is 30.5 Å². The van der Waals surface area contributed by atoms with Gasteiger partial charge in [0.25, 0.3) is 0 Å². The van der Waals surface area contributed by atoms with E-state index in [0.29, 0.717) is 6.54 Å². The van der Waals surface area contributed by atoms with Gasteiger partial charge in [-0.2, -0.15) is 0 Å². The third-order valence-electron chi connectivity index (χ3n) is 2.56. The summed E-state index contributed by atoms with van der Waals surface area (Å²) in [6, 6.07) is 6.57. The molecule has 0 aromatic heterocycles. The summed E-state index contributed by atoms with van der Waals surface area (Å²) in [4.78, 5) is 11.4. The number of benzene rings is 1. The Bertz CT molecular complexity index is 386. The summed E-state index contributed by atoms with van der Waals surface area (Å²) in [6.07, 6.45) is 0. The van der Waals surface area contributed by atoms with Crippen LogP contribution in [0.5, 0.6) is 0 Å². The van der Waals surface area contributed by atoms with Crippen LogP contribution in [0.25, 0.3) is 0 Å². The molecule has 1 aromatic rings. The highest BCUT2D eigenvalue weighted by atomic mass is 16.1. The molecule has 0 saturated heterocycles. The van der Waals surface area contributed by atoms with Crippen LogP contribution in [0.4, 0.5) is 0 Å². The number of aryl methyl sites for hydroxylation is 2. The number of carbonyl (C=O) groups excluding carboxylic acids is 1. The van der Waals surface area contributed by atoms with Crippen molar-refractivity contribution in [2.75, 3.05) is 6.54 Å². The first-order chi connectivity index (χ1) is 7.99. The van der Waals surface area contributed by atoms with Crippen molar-refractivity contribution < 1.29 is 4.79 Å². The summed E-state index contributed by atoms with van der Waals surface area (Å²) < 4.78 is 0. The molecule has 94 valence electrons. The average Bonchev–Trinajstić information content (AvgIpc) is 2.22. The van der Waals surface area contributed by atoms with Crippen molar-refractivity contribution in [3.8, 4) is 0 Å². The summed E-state index contributed by atoms with van der Waals surface area (Å²) in [5.74, 6) is 0.0466. The molecule has 0 aliphatic heterocycles. The Balaban J connectivity index is 2.40. The molecule has 0 radical (unpaired) electrons. The van der Waals surface area contributed by atoms with Gasteiger partial charge in [0.15, 0.2) is 0 Å². The fourth-order valence-corrected chi connectivity index (χ4v) is 1.67. The van der Waals surface area contributed by atoms with E-state index < -0.39 is 0 Å². The molecular weight excluding hydrogens is 212 g/mol. The Morgan fingerprint density at radius 3 is 2.65 bits per heavy atom. The lowest BCUT2D eigenvalue weighted by Crippen LogP contribution is -2.37. The topological polar surface area (TPSA) is 41.1 Å². The molecule has 0 heterocycles. The second-order valence-electron chi connectivity index (χ2n) is 4.76. The van der Waals surface area contributed by atoms with E-state index in [2.05, 4.69) is 42.7 Å². The van der Waals surface area contributed by atoms with Crippen LogP contribution < -0.4 is 10.6 Å². The molecule has 0 saturated carbocycles. The Hall–Kier alpha value is -1.35. The number of nitrogens with one attached hydrogen (secondary N) is 2. The third-order valence-corrected chi connectivity index (χ3v) is 2.56. The monoisotopic (exact) mass is 234 g/mol. The second-order valence-corrected chi connectivity index (χ2v) is 4.76. The largest absolute Gasteiger partial charge is 0.353 e. The fraction of sp³-hybridized carbons (Fsp3) is 0.500. The quantitative estimate of drug-likeness (QED) is 0.817. The van der Waals surface area contributed by atoms with Crippen molar-refractivity contribution in [2.24, 2.45) is 0 Å². The molecule has 0 aliphatic carbocycles. The lowest BCUT2D eigenvalue weighted by Gasteiger charge is -2.11. The van der Waals surface area contributed by atoms with Crippen molar-refractivity contribution in [2.45, 2.75) is 40.3 Å². The average molecular weight is 234 g/mol. The van der Waals surface area contributed by atoms with Crippen molar-refractivity contribution in [3.63, 3.8) is 0 Å². The molecular formula is C14H22N2O. The SMILES string of the molecule is Cc1ccc(C)c(CNCC(=O)NC(C)C)c1. The van der Waals surface area contributed by atoms with Gasteiger partial charge in [-0.25, -0.2) is 0 Å². The molecule has 0 atom stereocenters. The van der Waals surface area contributed by atoms with E-state index in [0.717, 1.165) is 6.54 Å². The van der Waals surface area contributed by atoms with E-state index >= 15 is 0 Å². The van der Waals surface area contributed by atoms with Gasteiger partial charge in [-0.15, -0.1) is 0 Å². The fourth-order valence-electron chi connectivity index (χ4n) is 1.67. The first-order valence-corrected chi connectivity index (χ1v) is 6.05. The van der Waals surface area contributed by atoms with Gasteiger partial charge < -0.3 is 10.6 Å². The van der Waals surface area contributed by atoms with E-state index in [4.69, 9.17) is 0 Å². The normalized spacial score (nSPS) is 10.6. The molecule has 3 nitrogen and oxygen atoms in total. The minimum atomic E-state index is 0.0466. The third kappa shape index (κ3) is 5.00. The van der Waals surface area contributed by atoms with Gasteiger partial charge in [-0.3, -0.25) is 4.79 Å². The van der Waals surface area contributed by atoms with Crippen molar-refractivity contribution in [1.82, 2.24) is 10.6 Å². The molecule has 0 unspecified atom stereocenters. The predicted octanol–water partition coefficient (Wildman–Crippen LogP) is 1.92. The molecule has 1 amide bonds. The van der Waals surface area contributed by atoms with Crippen LogP contribution in [0.2, 0.25) is 0 Å². The van der Waals surface area contributed by atoms with Gasteiger partial charge >= 0.3 is 0 Å². The summed E-state index contributed by atoms with van der Waals surface area (Å²) >= 11 is 0. The summed E-state index contributed by atoms with van der Waals surface area (Å²) in [5, 5.41) is 6.02. The van der Waals surface area contributed by atoms with Gasteiger partial charge in [-0.1, -0.05) is 23.8 Å². The molecule has 1 rings (SSSR count). The van der Waals surface area contributed by atoms with E-state index in [9.17, 15) is 4.79 Å². The molecule has 1 aromatic carbocycles. The smallest absolute Gasteiger partial charge is 0.234 e. The number of carbonyl (C=O) groups is 1. The zero-order valence-electron chi connectivity index (χ0n) is 11.1. The molecule has 0 spiro atoms. The molecule has 0 aliphatic rings. The summed E-state index contributed by atoms with van der Waals surface area (Å²) in [5.41, 5.74) is 3.76. The maximum Gasteiger partial charge on any atom is 0.234 e. The number of hydrogen-bond donors (Lipinski definition) is 2. The van der Waals surface area contributed by atoms with Crippen molar-refractivity contribution in [1.29, 1.82) is 0 Å². The highest BCUT2D eigenvalue weighted by molar-refractivity contribution is 5.78. The molecule has 17 heavy (non-hydrogen) atoms. The highest BCUT2D eigenvalue weighted by Gasteiger charge is 2.03. The number of amides is 1. The Kier molecular flexibility index (Phi) is 5.16. The van der Waals surface area contributed by atoms with Crippen molar-refractivity contribution in [3.05, 3.63) is 34.9 Å². The maximum atomic E-state index is 11.4. The highest BCUT2D eigenvalue weighted by Crippen LogP contribution is 2.09. The van der Waals surface area contributed by atoms with Gasteiger partial charge in [0, 0.05) is 12.6 Å². The van der Waals surface area contributed by atoms with Crippen LogP contribution in [-0.2, 0) is 11.3 Å². The zero-order chi connectivity index (χ0) is 12.8. The summed E-state index contributed by atoms with van der Waals surface area (Å²) in [6.45, 7) is 9.19. The number of hydrogen-bond acceptors (Lipinski definition) is 2. The first-order valence-electron chi connectivity index (χ1n) is 6.05. The van der Waals surface area contributed by atoms with E-state index in [-0.39, 0.29) is 11.9 Å². The standard InChI is InChI=1S/C14H22N2O/c1-10(2)16-14(17)9-15-8-13-7-11(3)5-6-12(13)4/h5-7,10,15H,8-9H2,1-4H3,(H,16,17). The predicted molar refractivity (Wildman–Crippen MR) is 70.9 cm³/mol. The van der Waals surface area contributed by atoms with Crippen LogP contribution in [0.15, 0.2) is 18.2 Å². The Morgan fingerprint density at radius 1 is 1.29 bits per heavy atom. The summed E-state index contributed by atoms with van der Waals surface area (Å²) in [7, 11) is 0. The van der Waals surface area contributed by atoms with Gasteiger partial charge in [-0.05, 0) is 38.8 Å². The van der Waals surface area contributed by atoms with E-state index in [1.54, 1.807) is 0 Å². The molecule has 0 bridgehead atoms. The lowest BCUT2D eigenvalue weighted by atomic mass is 10.1. The number of rotatable bonds is 5.